The van der Waals surface area contributed by atoms with Gasteiger partial charge in [-0.2, -0.15) is 0 Å². The van der Waals surface area contributed by atoms with Crippen LogP contribution in [0.3, 0.4) is 0 Å². The minimum Gasteiger partial charge on any atom is -0.336 e. The van der Waals surface area contributed by atoms with Crippen LogP contribution in [0.15, 0.2) is 29.6 Å². The lowest BCUT2D eigenvalue weighted by atomic mass is 10.3. The second kappa shape index (κ2) is 6.24. The Hall–Kier alpha value is -2.62. The summed E-state index contributed by atoms with van der Waals surface area (Å²) in [4.78, 5) is 29.2. The number of nitrogens with two attached hydrogens (primary N) is 1. The fourth-order valence-electron chi connectivity index (χ4n) is 2.14. The van der Waals surface area contributed by atoms with Crippen LogP contribution in [0.2, 0.25) is 0 Å². The van der Waals surface area contributed by atoms with E-state index in [9.17, 15) is 9.59 Å². The van der Waals surface area contributed by atoms with Crippen molar-refractivity contribution in [2.24, 2.45) is 0 Å². The monoisotopic (exact) mass is 333 g/mol. The van der Waals surface area contributed by atoms with Gasteiger partial charge in [-0.15, -0.1) is 10.2 Å². The van der Waals surface area contributed by atoms with Gasteiger partial charge in [0.05, 0.1) is 5.25 Å². The van der Waals surface area contributed by atoms with Crippen molar-refractivity contribution in [3.63, 3.8) is 0 Å². The number of urea groups is 1. The van der Waals surface area contributed by atoms with E-state index in [2.05, 4.69) is 20.5 Å². The number of nitrogens with zero attached hydrogens (tertiary/aromatic N) is 5. The Morgan fingerprint density at radius 1 is 1.43 bits per heavy atom. The van der Waals surface area contributed by atoms with Gasteiger partial charge in [0.2, 0.25) is 16.9 Å². The van der Waals surface area contributed by atoms with Crippen LogP contribution in [0.5, 0.6) is 0 Å². The molecule has 3 rings (SSSR count). The molecular formula is C13H15N7O2S. The van der Waals surface area contributed by atoms with Crippen LogP contribution in [0.4, 0.5) is 4.79 Å². The van der Waals surface area contributed by atoms with Crippen molar-refractivity contribution >= 4 is 23.7 Å². The van der Waals surface area contributed by atoms with E-state index in [1.165, 1.54) is 9.58 Å². The molecule has 0 unspecified atom stereocenters. The highest BCUT2D eigenvalue weighted by Crippen LogP contribution is 2.25. The molecule has 0 radical (unpaired) electrons. The van der Waals surface area contributed by atoms with Crippen LogP contribution < -0.4 is 11.2 Å². The number of rotatable bonds is 4. The maximum Gasteiger partial charge on any atom is 0.324 e. The molecule has 1 atom stereocenters. The molecule has 0 spiro atoms. The number of aromatic nitrogens is 4. The number of amides is 3. The highest BCUT2D eigenvalue weighted by atomic mass is 32.2. The summed E-state index contributed by atoms with van der Waals surface area (Å²) >= 11 is 1.15. The van der Waals surface area contributed by atoms with Crippen LogP contribution in [0.25, 0.3) is 11.5 Å². The van der Waals surface area contributed by atoms with E-state index in [1.54, 1.807) is 25.3 Å². The third-order valence-electron chi connectivity index (χ3n) is 3.31. The van der Waals surface area contributed by atoms with Gasteiger partial charge in [0.25, 0.3) is 0 Å². The summed E-state index contributed by atoms with van der Waals surface area (Å²) in [6, 6.07) is 5.01. The molecule has 23 heavy (non-hydrogen) atoms. The fraction of sp³-hybridized carbons (Fsp3) is 0.308. The smallest absolute Gasteiger partial charge is 0.324 e. The molecule has 0 bridgehead atoms. The summed E-state index contributed by atoms with van der Waals surface area (Å²) in [5.41, 5.74) is 0.590. The molecule has 1 aliphatic heterocycles. The molecule has 9 nitrogen and oxygen atoms in total. The largest absolute Gasteiger partial charge is 0.336 e. The van der Waals surface area contributed by atoms with Gasteiger partial charge in [-0.1, -0.05) is 17.8 Å². The van der Waals surface area contributed by atoms with Crippen LogP contribution in [0, 0.1) is 0 Å². The van der Waals surface area contributed by atoms with Gasteiger partial charge in [0, 0.05) is 19.3 Å². The lowest BCUT2D eigenvalue weighted by molar-refractivity contribution is -0.126. The van der Waals surface area contributed by atoms with Crippen LogP contribution in [0.1, 0.15) is 6.92 Å². The Bertz CT molecular complexity index is 733. The summed E-state index contributed by atoms with van der Waals surface area (Å²) in [6.07, 6.45) is 1.63. The van der Waals surface area contributed by atoms with E-state index in [1.807, 2.05) is 6.07 Å². The number of pyridine rings is 1. The highest BCUT2D eigenvalue weighted by molar-refractivity contribution is 8.00. The Labute approximate surface area is 136 Å². The van der Waals surface area contributed by atoms with Gasteiger partial charge in [0.1, 0.15) is 5.69 Å². The zero-order chi connectivity index (χ0) is 16.4. The second-order valence-electron chi connectivity index (χ2n) is 4.87. The normalized spacial score (nSPS) is 15.5. The maximum absolute atomic E-state index is 12.3. The number of nitrogens with one attached hydrogen (secondary N) is 1. The van der Waals surface area contributed by atoms with Gasteiger partial charge < -0.3 is 11.2 Å². The lowest BCUT2D eigenvalue weighted by Crippen LogP contribution is -2.39. The number of carbonyl (C=O) groups excluding carboxylic acids is 2. The molecular weight excluding hydrogens is 318 g/mol. The summed E-state index contributed by atoms with van der Waals surface area (Å²) in [5.74, 6) is 6.12. The summed E-state index contributed by atoms with van der Waals surface area (Å²) in [7, 11) is 0. The number of hydrogen-bond acceptors (Lipinski definition) is 7. The molecule has 0 aromatic carbocycles. The molecule has 2 aromatic heterocycles. The molecule has 3 heterocycles. The Morgan fingerprint density at radius 2 is 2.26 bits per heavy atom. The van der Waals surface area contributed by atoms with Crippen LogP contribution in [-0.4, -0.2) is 55.0 Å². The number of carbonyl (C=O) groups is 2. The van der Waals surface area contributed by atoms with E-state index in [0.29, 0.717) is 29.8 Å². The number of imide groups is 1. The summed E-state index contributed by atoms with van der Waals surface area (Å²) in [5, 5.41) is 10.5. The Balaban J connectivity index is 1.75. The topological polar surface area (TPSA) is 119 Å². The molecule has 1 aliphatic rings. The van der Waals surface area contributed by atoms with Gasteiger partial charge in [0.15, 0.2) is 0 Å². The van der Waals surface area contributed by atoms with Crippen molar-refractivity contribution in [1.82, 2.24) is 30.1 Å². The SMILES string of the molecule is C[C@@H](Sc1nnc(-c2ccccn2)n1N)C(=O)N1CCNC1=O. The van der Waals surface area contributed by atoms with Gasteiger partial charge >= 0.3 is 6.03 Å². The first-order valence-corrected chi connectivity index (χ1v) is 7.83. The van der Waals surface area contributed by atoms with Crippen molar-refractivity contribution in [2.75, 3.05) is 18.9 Å². The number of thioether (sulfide) groups is 1. The van der Waals surface area contributed by atoms with E-state index < -0.39 is 5.25 Å². The Kier molecular flexibility index (Phi) is 4.15. The quantitative estimate of drug-likeness (QED) is 0.601. The predicted octanol–water partition coefficient (Wildman–Crippen LogP) is 0.0863. The van der Waals surface area contributed by atoms with Crippen molar-refractivity contribution in [1.29, 1.82) is 0 Å². The first-order valence-electron chi connectivity index (χ1n) is 6.95. The molecule has 2 aromatic rings. The highest BCUT2D eigenvalue weighted by Gasteiger charge is 2.31. The number of nitrogen functional groups attached to an aromatic ring is 1. The molecule has 0 aliphatic carbocycles. The minimum atomic E-state index is -0.512. The van der Waals surface area contributed by atoms with Crippen molar-refractivity contribution in [3.05, 3.63) is 24.4 Å². The van der Waals surface area contributed by atoms with Crippen molar-refractivity contribution in [3.8, 4) is 11.5 Å². The first kappa shape index (κ1) is 15.3. The van der Waals surface area contributed by atoms with E-state index in [-0.39, 0.29) is 11.9 Å². The van der Waals surface area contributed by atoms with Gasteiger partial charge in [-0.05, 0) is 19.1 Å². The summed E-state index contributed by atoms with van der Waals surface area (Å²) in [6.45, 7) is 2.55. The Morgan fingerprint density at radius 3 is 2.91 bits per heavy atom. The van der Waals surface area contributed by atoms with Crippen molar-refractivity contribution < 1.29 is 9.59 Å². The van der Waals surface area contributed by atoms with Crippen LogP contribution >= 0.6 is 11.8 Å². The second-order valence-corrected chi connectivity index (χ2v) is 6.18. The van der Waals surface area contributed by atoms with Gasteiger partial charge in [-0.3, -0.25) is 14.7 Å². The standard InChI is InChI=1S/C13H15N7O2S/c1-8(11(21)19-7-6-16-12(19)22)23-13-18-17-10(20(13)14)9-4-2-3-5-15-9/h2-5,8H,6-7,14H2,1H3,(H,16,22)/t8-/m1/s1. The van der Waals surface area contributed by atoms with E-state index in [4.69, 9.17) is 5.84 Å². The molecule has 120 valence electrons. The molecule has 3 amide bonds. The molecule has 1 fully saturated rings. The number of hydrogen-bond donors (Lipinski definition) is 2. The zero-order valence-corrected chi connectivity index (χ0v) is 13.2. The third kappa shape index (κ3) is 2.97. The fourth-order valence-corrected chi connectivity index (χ4v) is 2.97. The minimum absolute atomic E-state index is 0.285. The molecule has 10 heteroatoms. The third-order valence-corrected chi connectivity index (χ3v) is 4.36. The van der Waals surface area contributed by atoms with E-state index in [0.717, 1.165) is 11.8 Å². The van der Waals surface area contributed by atoms with Crippen LogP contribution in [-0.2, 0) is 4.79 Å². The molecule has 1 saturated heterocycles. The average molecular weight is 333 g/mol. The summed E-state index contributed by atoms with van der Waals surface area (Å²) < 4.78 is 1.29. The van der Waals surface area contributed by atoms with Crippen molar-refractivity contribution in [2.45, 2.75) is 17.3 Å². The predicted molar refractivity (Wildman–Crippen MR) is 83.8 cm³/mol. The lowest BCUT2D eigenvalue weighted by Gasteiger charge is -2.16. The maximum atomic E-state index is 12.3. The molecule has 0 saturated carbocycles. The zero-order valence-electron chi connectivity index (χ0n) is 12.3. The first-order chi connectivity index (χ1) is 11.1. The molecule has 3 N–H and O–H groups in total. The van der Waals surface area contributed by atoms with E-state index >= 15 is 0 Å². The average Bonchev–Trinajstić information content (AvgIpc) is 3.14. The van der Waals surface area contributed by atoms with Gasteiger partial charge in [-0.25, -0.2) is 9.47 Å².